The fourth-order valence-corrected chi connectivity index (χ4v) is 1.53. The standard InChI is InChI=1S/C4H3Br2N3.C4H7BrO2/c5-2-1-8-4(7)3(6)9-2;1-2-7-4(6)3-5/h1H,(H2,7,8);2-3H2,1H3/i;3+1,4+1. The molecule has 90 valence electrons. The Morgan fingerprint density at radius 2 is 2.19 bits per heavy atom. The van der Waals surface area contributed by atoms with E-state index in [1.165, 1.54) is 0 Å². The molecule has 0 aliphatic heterocycles. The molecule has 1 heterocycles. The lowest BCUT2D eigenvalue weighted by Crippen LogP contribution is -2.03. The lowest BCUT2D eigenvalue weighted by molar-refractivity contribution is -0.139. The van der Waals surface area contributed by atoms with Gasteiger partial charge in [-0.25, -0.2) is 9.97 Å². The second-order valence-corrected chi connectivity index (χ2v) is 4.43. The molecule has 8 heteroatoms. The molecule has 0 aliphatic carbocycles. The van der Waals surface area contributed by atoms with Gasteiger partial charge in [0.1, 0.15) is 14.5 Å². The number of alkyl halides is 1. The first kappa shape index (κ1) is 15.8. The molecule has 5 nitrogen and oxygen atoms in total. The van der Waals surface area contributed by atoms with E-state index in [0.29, 0.717) is 27.0 Å². The van der Waals surface area contributed by atoms with Crippen LogP contribution in [0.5, 0.6) is 0 Å². The van der Waals surface area contributed by atoms with Gasteiger partial charge in [0, 0.05) is 0 Å². The van der Waals surface area contributed by atoms with E-state index in [9.17, 15) is 4.79 Å². The summed E-state index contributed by atoms with van der Waals surface area (Å²) in [7, 11) is 0. The molecule has 16 heavy (non-hydrogen) atoms. The van der Waals surface area contributed by atoms with Crippen LogP contribution in [0.25, 0.3) is 0 Å². The number of carbonyl (C=O) groups excluding carboxylic acids is 1. The summed E-state index contributed by atoms with van der Waals surface area (Å²) < 4.78 is 5.74. The fraction of sp³-hybridized carbons (Fsp3) is 0.375. The zero-order valence-corrected chi connectivity index (χ0v) is 13.2. The number of rotatable bonds is 2. The van der Waals surface area contributed by atoms with Crippen molar-refractivity contribution in [1.82, 2.24) is 9.97 Å². The van der Waals surface area contributed by atoms with Gasteiger partial charge in [0.15, 0.2) is 5.82 Å². The van der Waals surface area contributed by atoms with Gasteiger partial charge in [0.2, 0.25) is 0 Å². The molecule has 0 bridgehead atoms. The second kappa shape index (κ2) is 8.89. The number of nitrogens with zero attached hydrogens (tertiary/aromatic N) is 2. The summed E-state index contributed by atoms with van der Waals surface area (Å²) in [4.78, 5) is 17.9. The Morgan fingerprint density at radius 1 is 1.56 bits per heavy atom. The van der Waals surface area contributed by atoms with Gasteiger partial charge in [-0.05, 0) is 38.8 Å². The largest absolute Gasteiger partial charge is 0.465 e. The summed E-state index contributed by atoms with van der Waals surface area (Å²) in [5, 5.41) is 0.292. The van der Waals surface area contributed by atoms with Crippen molar-refractivity contribution in [3.63, 3.8) is 0 Å². The molecule has 1 aromatic heterocycles. The summed E-state index contributed by atoms with van der Waals surface area (Å²) in [5.41, 5.74) is 5.35. The average Bonchev–Trinajstić information content (AvgIpc) is 2.25. The zero-order chi connectivity index (χ0) is 12.6. The predicted octanol–water partition coefficient (Wildman–Crippen LogP) is 2.53. The van der Waals surface area contributed by atoms with E-state index in [0.717, 1.165) is 0 Å². The van der Waals surface area contributed by atoms with Gasteiger partial charge in [-0.3, -0.25) is 4.79 Å². The van der Waals surface area contributed by atoms with Crippen LogP contribution in [0.4, 0.5) is 5.82 Å². The van der Waals surface area contributed by atoms with E-state index in [-0.39, 0.29) is 5.97 Å². The van der Waals surface area contributed by atoms with E-state index in [1.807, 2.05) is 0 Å². The Labute approximate surface area is 119 Å². The van der Waals surface area contributed by atoms with Crippen LogP contribution in [0.15, 0.2) is 15.4 Å². The van der Waals surface area contributed by atoms with Crippen molar-refractivity contribution in [2.75, 3.05) is 17.7 Å². The van der Waals surface area contributed by atoms with Crippen LogP contribution in [-0.4, -0.2) is 27.9 Å². The van der Waals surface area contributed by atoms with Gasteiger partial charge in [-0.15, -0.1) is 0 Å². The number of esters is 1. The molecule has 0 fully saturated rings. The molecular weight excluding hydrogens is 412 g/mol. The Kier molecular flexibility index (Phi) is 8.77. The van der Waals surface area contributed by atoms with Crippen molar-refractivity contribution in [3.8, 4) is 0 Å². The number of aromatic nitrogens is 2. The van der Waals surface area contributed by atoms with Gasteiger partial charge >= 0.3 is 5.97 Å². The number of nitrogens with two attached hydrogens (primary N) is 1. The molecule has 0 atom stereocenters. The van der Waals surface area contributed by atoms with Gasteiger partial charge < -0.3 is 10.5 Å². The molecule has 0 saturated heterocycles. The van der Waals surface area contributed by atoms with E-state index in [2.05, 4.69) is 62.5 Å². The Morgan fingerprint density at radius 3 is 2.50 bits per heavy atom. The zero-order valence-electron chi connectivity index (χ0n) is 8.41. The lowest BCUT2D eigenvalue weighted by Gasteiger charge is -1.93. The maximum absolute atomic E-state index is 10.1. The van der Waals surface area contributed by atoms with Crippen LogP contribution >= 0.6 is 47.8 Å². The molecule has 0 unspecified atom stereocenters. The van der Waals surface area contributed by atoms with Crippen LogP contribution in [0.2, 0.25) is 0 Å². The SMILES string of the molecule is CCO[13C](=O)[13CH2]Br.Nc1ncc(Br)nc1Br. The summed E-state index contributed by atoms with van der Waals surface area (Å²) in [5.74, 6) is 0.195. The summed E-state index contributed by atoms with van der Waals surface area (Å²) in [6.45, 7) is 2.24. The number of hydrogen-bond donors (Lipinski definition) is 1. The van der Waals surface area contributed by atoms with Crippen LogP contribution in [-0.2, 0) is 9.53 Å². The van der Waals surface area contributed by atoms with Crippen LogP contribution < -0.4 is 5.73 Å². The normalized spacial score (nSPS) is 9.00. The number of nitrogen functional groups attached to an aromatic ring is 1. The van der Waals surface area contributed by atoms with Crippen molar-refractivity contribution < 1.29 is 9.53 Å². The first-order valence-corrected chi connectivity index (χ1v) is 6.87. The number of ether oxygens (including phenoxy) is 1. The number of halogens is 3. The highest BCUT2D eigenvalue weighted by Gasteiger charge is 1.96. The molecule has 0 amide bonds. The highest BCUT2D eigenvalue weighted by Crippen LogP contribution is 2.15. The van der Waals surface area contributed by atoms with Gasteiger partial charge in [-0.2, -0.15) is 0 Å². The monoisotopic (exact) mass is 419 g/mol. The van der Waals surface area contributed by atoms with E-state index < -0.39 is 0 Å². The molecule has 1 rings (SSSR count). The minimum absolute atomic E-state index is 0.206. The van der Waals surface area contributed by atoms with Gasteiger partial charge in [-0.1, -0.05) is 15.9 Å². The van der Waals surface area contributed by atoms with Crippen molar-refractivity contribution in [1.29, 1.82) is 0 Å². The highest BCUT2D eigenvalue weighted by atomic mass is 79.9. The van der Waals surface area contributed by atoms with Gasteiger partial charge in [0.25, 0.3) is 0 Å². The maximum atomic E-state index is 10.1. The molecule has 0 aliphatic rings. The smallest absolute Gasteiger partial charge is 0.316 e. The predicted molar refractivity (Wildman–Crippen MR) is 72.3 cm³/mol. The van der Waals surface area contributed by atoms with Crippen molar-refractivity contribution in [2.45, 2.75) is 6.92 Å². The van der Waals surface area contributed by atoms with E-state index in [4.69, 9.17) is 5.73 Å². The first-order valence-electron chi connectivity index (χ1n) is 4.16. The lowest BCUT2D eigenvalue weighted by atomic mass is 10.7. The van der Waals surface area contributed by atoms with Crippen molar-refractivity contribution in [3.05, 3.63) is 15.4 Å². The van der Waals surface area contributed by atoms with E-state index in [1.54, 1.807) is 13.1 Å². The summed E-state index contributed by atoms with van der Waals surface area (Å²) in [6.07, 6.45) is 1.54. The minimum atomic E-state index is -0.206. The number of anilines is 1. The molecular formula is C8H10Br3N3O2. The van der Waals surface area contributed by atoms with E-state index >= 15 is 0 Å². The van der Waals surface area contributed by atoms with Crippen molar-refractivity contribution >= 4 is 59.6 Å². The first-order chi connectivity index (χ1) is 7.51. The second-order valence-electron chi connectivity index (χ2n) is 2.31. The Bertz CT molecular complexity index is 349. The third-order valence-corrected chi connectivity index (χ3v) is 2.56. The summed E-state index contributed by atoms with van der Waals surface area (Å²) >= 11 is 9.20. The third kappa shape index (κ3) is 7.13. The van der Waals surface area contributed by atoms with Crippen LogP contribution in [0, 0.1) is 0 Å². The molecule has 0 aromatic carbocycles. The van der Waals surface area contributed by atoms with Crippen molar-refractivity contribution in [2.24, 2.45) is 0 Å². The highest BCUT2D eigenvalue weighted by molar-refractivity contribution is 9.11. The minimum Gasteiger partial charge on any atom is -0.465 e. The van der Waals surface area contributed by atoms with Crippen LogP contribution in [0.3, 0.4) is 0 Å². The molecule has 1 aromatic rings. The quantitative estimate of drug-likeness (QED) is 0.451. The average molecular weight is 422 g/mol. The Balaban J connectivity index is 0.000000293. The topological polar surface area (TPSA) is 78.1 Å². The molecule has 0 spiro atoms. The Hall–Kier alpha value is -0.210. The fourth-order valence-electron chi connectivity index (χ4n) is 0.556. The third-order valence-electron chi connectivity index (χ3n) is 1.14. The maximum Gasteiger partial charge on any atom is 0.316 e. The molecule has 0 radical (unpaired) electrons. The molecule has 0 saturated carbocycles. The number of carbonyl (C=O) groups is 1. The summed E-state index contributed by atoms with van der Waals surface area (Å²) in [6, 6.07) is 0. The molecule has 2 N–H and O–H groups in total. The van der Waals surface area contributed by atoms with Gasteiger partial charge in [0.05, 0.1) is 12.8 Å². The number of hydrogen-bond acceptors (Lipinski definition) is 5. The van der Waals surface area contributed by atoms with Crippen LogP contribution in [0.1, 0.15) is 6.92 Å².